The average Bonchev–Trinajstić information content (AvgIpc) is 2.75. The Morgan fingerprint density at radius 1 is 1.20 bits per heavy atom. The highest BCUT2D eigenvalue weighted by Crippen LogP contribution is 2.27. The van der Waals surface area contributed by atoms with Gasteiger partial charge in [-0.15, -0.1) is 10.2 Å². The summed E-state index contributed by atoms with van der Waals surface area (Å²) in [5, 5.41) is 12.6. The fraction of sp³-hybridized carbons (Fsp3) is 0.333. The van der Waals surface area contributed by atoms with Gasteiger partial charge in [-0.2, -0.15) is 0 Å². The van der Waals surface area contributed by atoms with Crippen molar-refractivity contribution in [3.8, 4) is 5.75 Å². The maximum absolute atomic E-state index is 11.4. The Labute approximate surface area is 116 Å². The number of sulfonamides is 1. The van der Waals surface area contributed by atoms with Crippen molar-refractivity contribution >= 4 is 10.0 Å². The molecule has 0 saturated heterocycles. The molecule has 8 heteroatoms. The summed E-state index contributed by atoms with van der Waals surface area (Å²) in [6.07, 6.45) is 0. The van der Waals surface area contributed by atoms with Gasteiger partial charge in [-0.25, -0.2) is 13.6 Å². The number of nitrogens with two attached hydrogens (primary N) is 1. The molecule has 2 aromatic rings. The lowest BCUT2D eigenvalue weighted by atomic mass is 10.1. The molecule has 1 aromatic heterocycles. The molecule has 0 saturated carbocycles. The first kappa shape index (κ1) is 14.5. The third-order valence-electron chi connectivity index (χ3n) is 2.91. The van der Waals surface area contributed by atoms with E-state index in [1.54, 1.807) is 26.8 Å². The second kappa shape index (κ2) is 5.22. The van der Waals surface area contributed by atoms with Crippen molar-refractivity contribution in [1.29, 1.82) is 0 Å². The van der Waals surface area contributed by atoms with Gasteiger partial charge in [0.25, 0.3) is 5.89 Å². The zero-order valence-electron chi connectivity index (χ0n) is 11.4. The molecule has 1 heterocycles. The lowest BCUT2D eigenvalue weighted by molar-refractivity contribution is 0.258. The molecule has 7 nitrogen and oxygen atoms in total. The fourth-order valence-electron chi connectivity index (χ4n) is 1.77. The molecule has 0 aliphatic heterocycles. The Kier molecular flexibility index (Phi) is 3.78. The van der Waals surface area contributed by atoms with Crippen molar-refractivity contribution in [3.63, 3.8) is 0 Å². The highest BCUT2D eigenvalue weighted by atomic mass is 32.2. The van der Waals surface area contributed by atoms with Crippen LogP contribution in [0, 0.1) is 20.8 Å². The number of aromatic nitrogens is 2. The summed E-state index contributed by atoms with van der Waals surface area (Å²) in [5.41, 5.74) is 1.26. The van der Waals surface area contributed by atoms with Crippen LogP contribution in [-0.2, 0) is 16.6 Å². The van der Waals surface area contributed by atoms with Gasteiger partial charge in [0.2, 0.25) is 15.9 Å². The van der Waals surface area contributed by atoms with Crippen molar-refractivity contribution in [3.05, 3.63) is 35.0 Å². The molecule has 2 rings (SSSR count). The van der Waals surface area contributed by atoms with Gasteiger partial charge in [0.1, 0.15) is 5.75 Å². The lowest BCUT2D eigenvalue weighted by Gasteiger charge is -2.12. The molecule has 0 radical (unpaired) electrons. The average molecular weight is 297 g/mol. The zero-order chi connectivity index (χ0) is 14.9. The van der Waals surface area contributed by atoms with Gasteiger partial charge in [-0.1, -0.05) is 0 Å². The molecule has 0 spiro atoms. The molecule has 108 valence electrons. The third-order valence-corrected chi connectivity index (χ3v) is 3.97. The van der Waals surface area contributed by atoms with Crippen LogP contribution in [0.15, 0.2) is 21.4 Å². The van der Waals surface area contributed by atoms with Crippen molar-refractivity contribution in [1.82, 2.24) is 10.2 Å². The molecule has 0 atom stereocenters. The van der Waals surface area contributed by atoms with Crippen LogP contribution in [0.3, 0.4) is 0 Å². The molecule has 0 fully saturated rings. The van der Waals surface area contributed by atoms with Crippen LogP contribution < -0.4 is 9.88 Å². The van der Waals surface area contributed by atoms with Gasteiger partial charge in [-0.05, 0) is 37.1 Å². The minimum Gasteiger partial charge on any atom is -0.484 e. The van der Waals surface area contributed by atoms with Crippen LogP contribution in [-0.4, -0.2) is 18.6 Å². The number of primary sulfonamides is 1. The Hall–Kier alpha value is -1.93. The van der Waals surface area contributed by atoms with E-state index in [1.807, 2.05) is 0 Å². The van der Waals surface area contributed by atoms with Crippen LogP contribution in [0.2, 0.25) is 0 Å². The summed E-state index contributed by atoms with van der Waals surface area (Å²) < 4.78 is 33.5. The molecular formula is C12H15N3O4S. The number of rotatable bonds is 4. The molecular weight excluding hydrogens is 282 g/mol. The highest BCUT2D eigenvalue weighted by molar-refractivity contribution is 7.89. The molecule has 0 amide bonds. The van der Waals surface area contributed by atoms with E-state index in [0.717, 1.165) is 0 Å². The number of nitrogens with zero attached hydrogens (tertiary/aromatic N) is 2. The van der Waals surface area contributed by atoms with E-state index < -0.39 is 10.0 Å². The van der Waals surface area contributed by atoms with E-state index in [2.05, 4.69) is 10.2 Å². The van der Waals surface area contributed by atoms with E-state index in [4.69, 9.17) is 14.3 Å². The van der Waals surface area contributed by atoms with Gasteiger partial charge in [0.05, 0.1) is 4.90 Å². The monoisotopic (exact) mass is 297 g/mol. The lowest BCUT2D eigenvalue weighted by Crippen LogP contribution is -2.14. The topological polar surface area (TPSA) is 108 Å². The summed E-state index contributed by atoms with van der Waals surface area (Å²) in [6, 6.07) is 2.98. The van der Waals surface area contributed by atoms with E-state index in [1.165, 1.54) is 6.07 Å². The summed E-state index contributed by atoms with van der Waals surface area (Å²) in [5.74, 6) is 1.36. The van der Waals surface area contributed by atoms with E-state index in [9.17, 15) is 8.42 Å². The van der Waals surface area contributed by atoms with Crippen LogP contribution >= 0.6 is 0 Å². The normalized spacial score (nSPS) is 11.6. The molecule has 0 unspecified atom stereocenters. The minimum absolute atomic E-state index is 0.0935. The Balaban J connectivity index is 2.24. The Morgan fingerprint density at radius 3 is 2.45 bits per heavy atom. The predicted octanol–water partition coefficient (Wildman–Crippen LogP) is 1.22. The summed E-state index contributed by atoms with van der Waals surface area (Å²) in [6.45, 7) is 5.25. The minimum atomic E-state index is -3.73. The second-order valence-corrected chi connectivity index (χ2v) is 5.89. The van der Waals surface area contributed by atoms with Gasteiger partial charge >= 0.3 is 0 Å². The van der Waals surface area contributed by atoms with Crippen LogP contribution in [0.4, 0.5) is 0 Å². The van der Waals surface area contributed by atoms with Crippen molar-refractivity contribution in [2.24, 2.45) is 5.14 Å². The van der Waals surface area contributed by atoms with Gasteiger partial charge in [-0.3, -0.25) is 0 Å². The second-order valence-electron chi connectivity index (χ2n) is 4.36. The Morgan fingerprint density at radius 2 is 1.90 bits per heavy atom. The van der Waals surface area contributed by atoms with Crippen LogP contribution in [0.5, 0.6) is 5.75 Å². The quantitative estimate of drug-likeness (QED) is 0.909. The SMILES string of the molecule is Cc1nnc(COc2ccc(S(N)(=O)=O)c(C)c2C)o1. The van der Waals surface area contributed by atoms with Crippen molar-refractivity contribution in [2.45, 2.75) is 32.3 Å². The number of ether oxygens (including phenoxy) is 1. The predicted molar refractivity (Wildman–Crippen MR) is 70.7 cm³/mol. The van der Waals surface area contributed by atoms with Crippen LogP contribution in [0.25, 0.3) is 0 Å². The van der Waals surface area contributed by atoms with E-state index in [-0.39, 0.29) is 11.5 Å². The fourth-order valence-corrected chi connectivity index (χ4v) is 2.61. The Bertz CT molecular complexity index is 737. The molecule has 0 aliphatic carbocycles. The summed E-state index contributed by atoms with van der Waals surface area (Å²) in [4.78, 5) is 0.0935. The van der Waals surface area contributed by atoms with Gasteiger partial charge in [0.15, 0.2) is 6.61 Å². The number of benzene rings is 1. The van der Waals surface area contributed by atoms with Gasteiger partial charge < -0.3 is 9.15 Å². The highest BCUT2D eigenvalue weighted by Gasteiger charge is 2.16. The molecule has 0 aliphatic rings. The standard InChI is InChI=1S/C12H15N3O4S/c1-7-8(2)11(20(13,16)17)5-4-10(7)18-6-12-15-14-9(3)19-12/h4-5H,6H2,1-3H3,(H2,13,16,17). The number of aryl methyl sites for hydroxylation is 1. The van der Waals surface area contributed by atoms with Gasteiger partial charge in [0, 0.05) is 6.92 Å². The van der Waals surface area contributed by atoms with Crippen molar-refractivity contribution < 1.29 is 17.6 Å². The number of hydrogen-bond acceptors (Lipinski definition) is 6. The van der Waals surface area contributed by atoms with E-state index in [0.29, 0.717) is 28.7 Å². The maximum atomic E-state index is 11.4. The molecule has 20 heavy (non-hydrogen) atoms. The maximum Gasteiger partial charge on any atom is 0.253 e. The first-order valence-electron chi connectivity index (χ1n) is 5.84. The largest absolute Gasteiger partial charge is 0.484 e. The smallest absolute Gasteiger partial charge is 0.253 e. The molecule has 0 bridgehead atoms. The van der Waals surface area contributed by atoms with Crippen LogP contribution in [0.1, 0.15) is 22.9 Å². The molecule has 2 N–H and O–H groups in total. The number of hydrogen-bond donors (Lipinski definition) is 1. The molecule has 1 aromatic carbocycles. The zero-order valence-corrected chi connectivity index (χ0v) is 12.2. The summed E-state index contributed by atoms with van der Waals surface area (Å²) in [7, 11) is -3.73. The first-order chi connectivity index (χ1) is 9.29. The van der Waals surface area contributed by atoms with E-state index >= 15 is 0 Å². The summed E-state index contributed by atoms with van der Waals surface area (Å²) >= 11 is 0. The third kappa shape index (κ3) is 2.97. The first-order valence-corrected chi connectivity index (χ1v) is 7.38. The van der Waals surface area contributed by atoms with Crippen molar-refractivity contribution in [2.75, 3.05) is 0 Å².